The normalized spacial score (nSPS) is 10.7. The fourth-order valence-corrected chi connectivity index (χ4v) is 2.43. The number of nitrogens with zero attached hydrogens (tertiary/aromatic N) is 3. The lowest BCUT2D eigenvalue weighted by molar-refractivity contribution is 0.460. The van der Waals surface area contributed by atoms with Gasteiger partial charge in [0.2, 0.25) is 5.88 Å². The lowest BCUT2D eigenvalue weighted by Gasteiger charge is -2.13. The number of halogens is 2. The molecule has 8 heteroatoms. The van der Waals surface area contributed by atoms with Gasteiger partial charge < -0.3 is 9.30 Å². The summed E-state index contributed by atoms with van der Waals surface area (Å²) >= 11 is 6.01. The number of aromatic nitrogens is 3. The van der Waals surface area contributed by atoms with E-state index in [4.69, 9.17) is 16.3 Å². The van der Waals surface area contributed by atoms with Gasteiger partial charge in [-0.2, -0.15) is 0 Å². The minimum Gasteiger partial charge on any atom is -0.437 e. The SMILES string of the molecule is Cc1cc(=O)n(-c2cc(Oc3ccccn3)c(Cl)cc2F)c(=O)n1C. The fourth-order valence-electron chi connectivity index (χ4n) is 2.25. The van der Waals surface area contributed by atoms with E-state index in [1.165, 1.54) is 29.9 Å². The average Bonchev–Trinajstić information content (AvgIpc) is 2.57. The number of hydrogen-bond acceptors (Lipinski definition) is 4. The van der Waals surface area contributed by atoms with E-state index >= 15 is 0 Å². The Morgan fingerprint density at radius 2 is 1.96 bits per heavy atom. The highest BCUT2D eigenvalue weighted by molar-refractivity contribution is 6.32. The molecule has 0 bridgehead atoms. The Bertz CT molecular complexity index is 1060. The largest absolute Gasteiger partial charge is 0.437 e. The zero-order valence-corrected chi connectivity index (χ0v) is 14.1. The maximum absolute atomic E-state index is 14.4. The summed E-state index contributed by atoms with van der Waals surface area (Å²) in [5, 5.41) is -0.0103. The van der Waals surface area contributed by atoms with E-state index in [-0.39, 0.29) is 22.3 Å². The molecule has 0 radical (unpaired) electrons. The zero-order chi connectivity index (χ0) is 18.1. The van der Waals surface area contributed by atoms with Crippen LogP contribution in [0.15, 0.2) is 52.2 Å². The van der Waals surface area contributed by atoms with Crippen molar-refractivity contribution >= 4 is 11.6 Å². The van der Waals surface area contributed by atoms with E-state index < -0.39 is 17.1 Å². The maximum Gasteiger partial charge on any atom is 0.335 e. The first-order chi connectivity index (χ1) is 11.9. The Hall–Kier alpha value is -2.93. The first-order valence-corrected chi connectivity index (χ1v) is 7.64. The van der Waals surface area contributed by atoms with Crippen LogP contribution in [0.3, 0.4) is 0 Å². The van der Waals surface area contributed by atoms with Gasteiger partial charge in [-0.3, -0.25) is 4.79 Å². The second kappa shape index (κ2) is 6.52. The van der Waals surface area contributed by atoms with Crippen molar-refractivity contribution in [3.63, 3.8) is 0 Å². The summed E-state index contributed by atoms with van der Waals surface area (Å²) in [5.41, 5.74) is -1.10. The van der Waals surface area contributed by atoms with Crippen molar-refractivity contribution in [1.82, 2.24) is 14.1 Å². The fraction of sp³-hybridized carbons (Fsp3) is 0.118. The minimum atomic E-state index is -0.818. The van der Waals surface area contributed by atoms with Crippen LogP contribution < -0.4 is 16.0 Å². The van der Waals surface area contributed by atoms with E-state index in [9.17, 15) is 14.0 Å². The molecule has 0 unspecified atom stereocenters. The average molecular weight is 362 g/mol. The molecule has 128 valence electrons. The third kappa shape index (κ3) is 3.18. The quantitative estimate of drug-likeness (QED) is 0.719. The van der Waals surface area contributed by atoms with E-state index in [0.29, 0.717) is 5.69 Å². The van der Waals surface area contributed by atoms with Crippen molar-refractivity contribution in [2.75, 3.05) is 0 Å². The van der Waals surface area contributed by atoms with Crippen molar-refractivity contribution in [3.8, 4) is 17.3 Å². The van der Waals surface area contributed by atoms with Crippen LogP contribution in [0, 0.1) is 12.7 Å². The summed E-state index contributed by atoms with van der Waals surface area (Å²) in [5.74, 6) is -0.501. The standard InChI is InChI=1S/C17H13ClFN3O3/c1-10-7-16(23)22(17(24)21(10)2)13-9-14(11(18)8-12(13)19)25-15-5-3-4-6-20-15/h3-9H,1-2H3. The molecule has 6 nitrogen and oxygen atoms in total. The Balaban J connectivity index is 2.19. The van der Waals surface area contributed by atoms with Crippen molar-refractivity contribution in [2.24, 2.45) is 7.05 Å². The van der Waals surface area contributed by atoms with Gasteiger partial charge in [-0.1, -0.05) is 17.7 Å². The lowest BCUT2D eigenvalue weighted by Crippen LogP contribution is -2.38. The maximum atomic E-state index is 14.4. The van der Waals surface area contributed by atoms with Gasteiger partial charge in [0.15, 0.2) is 0 Å². The molecular formula is C17H13ClFN3O3. The second-order valence-electron chi connectivity index (χ2n) is 5.31. The van der Waals surface area contributed by atoms with E-state index in [2.05, 4.69) is 4.98 Å². The van der Waals surface area contributed by atoms with Gasteiger partial charge in [-0.05, 0) is 19.1 Å². The lowest BCUT2D eigenvalue weighted by atomic mass is 10.2. The third-order valence-corrected chi connectivity index (χ3v) is 3.95. The summed E-state index contributed by atoms with van der Waals surface area (Å²) in [6.45, 7) is 1.61. The van der Waals surface area contributed by atoms with Gasteiger partial charge in [-0.25, -0.2) is 18.7 Å². The molecule has 0 aliphatic heterocycles. The zero-order valence-electron chi connectivity index (χ0n) is 13.4. The molecule has 0 saturated carbocycles. The molecular weight excluding hydrogens is 349 g/mol. The highest BCUT2D eigenvalue weighted by Crippen LogP contribution is 2.31. The molecule has 3 rings (SSSR count). The van der Waals surface area contributed by atoms with Crippen molar-refractivity contribution in [2.45, 2.75) is 6.92 Å². The van der Waals surface area contributed by atoms with E-state index in [1.807, 2.05) is 0 Å². The number of aryl methyl sites for hydroxylation is 1. The van der Waals surface area contributed by atoms with Crippen LogP contribution in [0.5, 0.6) is 11.6 Å². The van der Waals surface area contributed by atoms with Crippen LogP contribution in [0.2, 0.25) is 5.02 Å². The molecule has 2 aromatic heterocycles. The summed E-state index contributed by atoms with van der Waals surface area (Å²) in [6.07, 6.45) is 1.52. The van der Waals surface area contributed by atoms with Gasteiger partial charge in [0, 0.05) is 37.1 Å². The molecule has 0 amide bonds. The molecule has 1 aromatic carbocycles. The Morgan fingerprint density at radius 3 is 2.64 bits per heavy atom. The van der Waals surface area contributed by atoms with Gasteiger partial charge >= 0.3 is 5.69 Å². The molecule has 0 fully saturated rings. The number of ether oxygens (including phenoxy) is 1. The molecule has 0 aliphatic rings. The van der Waals surface area contributed by atoms with E-state index in [1.54, 1.807) is 25.1 Å². The van der Waals surface area contributed by atoms with Crippen molar-refractivity contribution in [1.29, 1.82) is 0 Å². The summed E-state index contributed by atoms with van der Waals surface area (Å²) in [7, 11) is 1.49. The molecule has 2 heterocycles. The van der Waals surface area contributed by atoms with Gasteiger partial charge in [-0.15, -0.1) is 0 Å². The molecule has 0 N–H and O–H groups in total. The molecule has 3 aromatic rings. The highest BCUT2D eigenvalue weighted by Gasteiger charge is 2.17. The number of hydrogen-bond donors (Lipinski definition) is 0. The first kappa shape index (κ1) is 16.9. The number of benzene rings is 1. The van der Waals surface area contributed by atoms with Crippen LogP contribution in [0.1, 0.15) is 5.69 Å². The van der Waals surface area contributed by atoms with Crippen LogP contribution >= 0.6 is 11.6 Å². The van der Waals surface area contributed by atoms with Gasteiger partial charge in [0.25, 0.3) is 5.56 Å². The monoisotopic (exact) mass is 361 g/mol. The van der Waals surface area contributed by atoms with Crippen LogP contribution in [-0.4, -0.2) is 14.1 Å². The predicted octanol–water partition coefficient (Wildman–Crippen LogP) is 2.82. The number of pyridine rings is 1. The van der Waals surface area contributed by atoms with Crippen LogP contribution in [0.25, 0.3) is 5.69 Å². The van der Waals surface area contributed by atoms with E-state index in [0.717, 1.165) is 10.6 Å². The predicted molar refractivity (Wildman–Crippen MR) is 91.3 cm³/mol. The highest BCUT2D eigenvalue weighted by atomic mass is 35.5. The number of rotatable bonds is 3. The molecule has 0 atom stereocenters. The van der Waals surface area contributed by atoms with Gasteiger partial charge in [0.05, 0.1) is 10.7 Å². The topological polar surface area (TPSA) is 66.1 Å². The smallest absolute Gasteiger partial charge is 0.335 e. The summed E-state index contributed by atoms with van der Waals surface area (Å²) < 4.78 is 21.9. The van der Waals surface area contributed by atoms with Crippen molar-refractivity contribution in [3.05, 3.63) is 80.0 Å². The molecule has 0 spiro atoms. The third-order valence-electron chi connectivity index (χ3n) is 3.65. The Kier molecular flexibility index (Phi) is 4.41. The van der Waals surface area contributed by atoms with Gasteiger partial charge in [0.1, 0.15) is 11.6 Å². The van der Waals surface area contributed by atoms with Crippen molar-refractivity contribution < 1.29 is 9.13 Å². The summed E-state index contributed by atoms with van der Waals surface area (Å²) in [4.78, 5) is 28.6. The van der Waals surface area contributed by atoms with Crippen LogP contribution in [0.4, 0.5) is 4.39 Å². The van der Waals surface area contributed by atoms with Crippen LogP contribution in [-0.2, 0) is 7.05 Å². The molecule has 0 saturated heterocycles. The molecule has 25 heavy (non-hydrogen) atoms. The minimum absolute atomic E-state index is 0.0103. The first-order valence-electron chi connectivity index (χ1n) is 7.26. The molecule has 0 aliphatic carbocycles. The Labute approximate surface area is 146 Å². The Morgan fingerprint density at radius 1 is 1.20 bits per heavy atom. The summed E-state index contributed by atoms with van der Waals surface area (Å²) in [6, 6.07) is 8.44. The second-order valence-corrected chi connectivity index (χ2v) is 5.71.